The molecule has 1 amide bonds. The third kappa shape index (κ3) is 3.85. The number of anilines is 1. The largest absolute Gasteiger partial charge is 0.462 e. The molecule has 0 bridgehead atoms. The highest BCUT2D eigenvalue weighted by Gasteiger charge is 2.15. The van der Waals surface area contributed by atoms with Crippen LogP contribution in [0, 0.1) is 0 Å². The molecule has 6 nitrogen and oxygen atoms in total. The van der Waals surface area contributed by atoms with E-state index in [0.29, 0.717) is 34.5 Å². The van der Waals surface area contributed by atoms with E-state index in [2.05, 4.69) is 10.3 Å². The lowest BCUT2D eigenvalue weighted by Gasteiger charge is -2.11. The Kier molecular flexibility index (Phi) is 5.09. The van der Waals surface area contributed by atoms with E-state index in [-0.39, 0.29) is 5.91 Å². The molecule has 0 radical (unpaired) electrons. The fraction of sp³-hybridized carbons (Fsp3) is 0.211. The quantitative estimate of drug-likeness (QED) is 0.542. The van der Waals surface area contributed by atoms with E-state index >= 15 is 0 Å². The minimum Gasteiger partial charge on any atom is -0.462 e. The number of nitrogens with one attached hydrogen (secondary N) is 1. The number of nitrogens with zero attached hydrogens (tertiary/aromatic N) is 1. The number of para-hydroxylation sites is 1. The van der Waals surface area contributed by atoms with Crippen molar-refractivity contribution in [2.75, 3.05) is 11.9 Å². The van der Waals surface area contributed by atoms with Gasteiger partial charge in [-0.25, -0.2) is 9.78 Å². The average Bonchev–Trinajstić information content (AvgIpc) is 3.10. The average molecular weight is 338 g/mol. The van der Waals surface area contributed by atoms with Gasteiger partial charge in [-0.2, -0.15) is 0 Å². The van der Waals surface area contributed by atoms with Gasteiger partial charge in [0.1, 0.15) is 5.52 Å². The van der Waals surface area contributed by atoms with Crippen LogP contribution in [-0.2, 0) is 4.74 Å². The molecule has 0 saturated carbocycles. The van der Waals surface area contributed by atoms with Gasteiger partial charge in [0, 0.05) is 5.56 Å². The minimum absolute atomic E-state index is 0.328. The molecule has 0 fully saturated rings. The van der Waals surface area contributed by atoms with Crippen molar-refractivity contribution in [3.05, 3.63) is 60.0 Å². The second kappa shape index (κ2) is 7.61. The van der Waals surface area contributed by atoms with E-state index in [4.69, 9.17) is 9.15 Å². The Morgan fingerprint density at radius 1 is 1.20 bits per heavy atom. The summed E-state index contributed by atoms with van der Waals surface area (Å²) in [6.45, 7) is 2.38. The first-order chi connectivity index (χ1) is 12.2. The van der Waals surface area contributed by atoms with E-state index in [1.807, 2.05) is 6.92 Å². The first-order valence-corrected chi connectivity index (χ1v) is 8.10. The van der Waals surface area contributed by atoms with Crippen LogP contribution in [0.1, 0.15) is 40.5 Å². The van der Waals surface area contributed by atoms with Crippen molar-refractivity contribution in [2.45, 2.75) is 19.8 Å². The number of carbonyl (C=O) groups is 2. The lowest BCUT2D eigenvalue weighted by molar-refractivity contribution is 0.0501. The van der Waals surface area contributed by atoms with Gasteiger partial charge in [-0.3, -0.25) is 4.79 Å². The third-order valence-corrected chi connectivity index (χ3v) is 3.72. The van der Waals surface area contributed by atoms with Crippen molar-refractivity contribution in [3.63, 3.8) is 0 Å². The zero-order valence-electron chi connectivity index (χ0n) is 13.8. The van der Waals surface area contributed by atoms with Gasteiger partial charge in [0.05, 0.1) is 17.9 Å². The smallest absolute Gasteiger partial charge is 0.340 e. The Hall–Kier alpha value is -3.15. The van der Waals surface area contributed by atoms with Gasteiger partial charge in [-0.05, 0) is 36.8 Å². The van der Waals surface area contributed by atoms with Crippen LogP contribution in [0.15, 0.2) is 53.3 Å². The van der Waals surface area contributed by atoms with Crippen LogP contribution in [-0.4, -0.2) is 23.5 Å². The van der Waals surface area contributed by atoms with Crippen LogP contribution >= 0.6 is 0 Å². The summed E-state index contributed by atoms with van der Waals surface area (Å²) in [5, 5.41) is 2.76. The summed E-state index contributed by atoms with van der Waals surface area (Å²) in [6.07, 6.45) is 3.07. The Balaban J connectivity index is 1.77. The van der Waals surface area contributed by atoms with Gasteiger partial charge in [0.15, 0.2) is 12.0 Å². The summed E-state index contributed by atoms with van der Waals surface area (Å²) < 4.78 is 10.4. The molecule has 128 valence electrons. The molecule has 1 N–H and O–H groups in total. The molecule has 6 heteroatoms. The van der Waals surface area contributed by atoms with Crippen LogP contribution in [0.25, 0.3) is 11.1 Å². The van der Waals surface area contributed by atoms with Gasteiger partial charge in [0.25, 0.3) is 5.91 Å². The normalized spacial score (nSPS) is 10.6. The predicted octanol–water partition coefficient (Wildman–Crippen LogP) is 4.04. The number of amides is 1. The highest BCUT2D eigenvalue weighted by molar-refractivity contribution is 6.09. The second-order valence-corrected chi connectivity index (χ2v) is 5.52. The van der Waals surface area contributed by atoms with Gasteiger partial charge >= 0.3 is 5.97 Å². The highest BCUT2D eigenvalue weighted by Crippen LogP contribution is 2.19. The van der Waals surface area contributed by atoms with Crippen molar-refractivity contribution in [2.24, 2.45) is 0 Å². The number of aromatic nitrogens is 1. The fourth-order valence-corrected chi connectivity index (χ4v) is 2.35. The molecule has 1 aromatic heterocycles. The Morgan fingerprint density at radius 3 is 2.88 bits per heavy atom. The maximum Gasteiger partial charge on any atom is 0.340 e. The fourth-order valence-electron chi connectivity index (χ4n) is 2.35. The minimum atomic E-state index is -0.448. The van der Waals surface area contributed by atoms with Gasteiger partial charge < -0.3 is 14.5 Å². The first-order valence-electron chi connectivity index (χ1n) is 8.10. The van der Waals surface area contributed by atoms with E-state index < -0.39 is 5.97 Å². The molecule has 0 aliphatic heterocycles. The first kappa shape index (κ1) is 16.7. The molecule has 3 rings (SSSR count). The van der Waals surface area contributed by atoms with E-state index in [1.54, 1.807) is 42.5 Å². The van der Waals surface area contributed by atoms with Crippen LogP contribution in [0.5, 0.6) is 0 Å². The number of hydrogen-bond acceptors (Lipinski definition) is 5. The summed E-state index contributed by atoms with van der Waals surface area (Å²) in [5.41, 5.74) is 2.37. The summed E-state index contributed by atoms with van der Waals surface area (Å²) in [4.78, 5) is 28.7. The van der Waals surface area contributed by atoms with E-state index in [9.17, 15) is 9.59 Å². The molecule has 3 aromatic rings. The lowest BCUT2D eigenvalue weighted by atomic mass is 10.1. The zero-order valence-corrected chi connectivity index (χ0v) is 13.8. The molecule has 1 heterocycles. The molecule has 0 atom stereocenters. The van der Waals surface area contributed by atoms with Crippen LogP contribution < -0.4 is 5.32 Å². The summed E-state index contributed by atoms with van der Waals surface area (Å²) in [6, 6.07) is 11.7. The van der Waals surface area contributed by atoms with Crippen molar-refractivity contribution in [1.82, 2.24) is 4.98 Å². The second-order valence-electron chi connectivity index (χ2n) is 5.52. The molecular formula is C19H18N2O4. The number of hydrogen-bond donors (Lipinski definition) is 1. The van der Waals surface area contributed by atoms with Crippen molar-refractivity contribution in [1.29, 1.82) is 0 Å². The van der Waals surface area contributed by atoms with Crippen molar-refractivity contribution in [3.8, 4) is 0 Å². The molecule has 0 aliphatic rings. The Bertz CT molecular complexity index is 901. The maximum absolute atomic E-state index is 12.5. The van der Waals surface area contributed by atoms with E-state index in [0.717, 1.165) is 12.8 Å². The van der Waals surface area contributed by atoms with Crippen LogP contribution in [0.2, 0.25) is 0 Å². The monoisotopic (exact) mass is 338 g/mol. The summed E-state index contributed by atoms with van der Waals surface area (Å²) in [5.74, 6) is -0.782. The number of carbonyl (C=O) groups excluding carboxylic acids is 2. The maximum atomic E-state index is 12.5. The number of esters is 1. The van der Waals surface area contributed by atoms with Gasteiger partial charge in [-0.1, -0.05) is 25.5 Å². The number of rotatable bonds is 6. The lowest BCUT2D eigenvalue weighted by Crippen LogP contribution is -2.16. The molecular weight excluding hydrogens is 320 g/mol. The van der Waals surface area contributed by atoms with Crippen LogP contribution in [0.3, 0.4) is 0 Å². The molecule has 0 aliphatic carbocycles. The number of benzene rings is 2. The molecule has 0 saturated heterocycles. The third-order valence-electron chi connectivity index (χ3n) is 3.72. The van der Waals surface area contributed by atoms with Gasteiger partial charge in [0.2, 0.25) is 0 Å². The number of oxazole rings is 1. The number of ether oxygens (including phenoxy) is 1. The van der Waals surface area contributed by atoms with Gasteiger partial charge in [-0.15, -0.1) is 0 Å². The zero-order chi connectivity index (χ0) is 17.6. The summed E-state index contributed by atoms with van der Waals surface area (Å²) in [7, 11) is 0. The topological polar surface area (TPSA) is 81.4 Å². The van der Waals surface area contributed by atoms with Crippen molar-refractivity contribution >= 4 is 28.7 Å². The molecule has 0 unspecified atom stereocenters. The number of fused-ring (bicyclic) bond motifs is 1. The highest BCUT2D eigenvalue weighted by atomic mass is 16.5. The predicted molar refractivity (Wildman–Crippen MR) is 93.6 cm³/mol. The van der Waals surface area contributed by atoms with Crippen LogP contribution in [0.4, 0.5) is 5.69 Å². The number of unbranched alkanes of at least 4 members (excludes halogenated alkanes) is 1. The van der Waals surface area contributed by atoms with Crippen molar-refractivity contribution < 1.29 is 18.7 Å². The summed E-state index contributed by atoms with van der Waals surface area (Å²) >= 11 is 0. The Labute approximate surface area is 144 Å². The SMILES string of the molecule is CCCCOC(=O)c1ccccc1NC(=O)c1ccc2ocnc2c1. The van der Waals surface area contributed by atoms with E-state index in [1.165, 1.54) is 6.39 Å². The molecule has 2 aromatic carbocycles. The standard InChI is InChI=1S/C19H18N2O4/c1-2-3-10-24-19(23)14-6-4-5-7-15(14)21-18(22)13-8-9-17-16(11-13)20-12-25-17/h4-9,11-12H,2-3,10H2,1H3,(H,21,22). The Morgan fingerprint density at radius 2 is 2.04 bits per heavy atom. The molecule has 0 spiro atoms. The molecule has 25 heavy (non-hydrogen) atoms.